The van der Waals surface area contributed by atoms with Gasteiger partial charge in [-0.25, -0.2) is 4.79 Å². The van der Waals surface area contributed by atoms with Crippen molar-refractivity contribution in [3.8, 4) is 5.75 Å². The molecule has 4 rings (SSSR count). The Morgan fingerprint density at radius 3 is 2.55 bits per heavy atom. The fourth-order valence-electron chi connectivity index (χ4n) is 4.81. The minimum Gasteiger partial charge on any atom is -0.489 e. The van der Waals surface area contributed by atoms with Crippen LogP contribution in [0, 0.1) is 12.3 Å². The maximum Gasteiger partial charge on any atom is 0.328 e. The number of carboxylic acid groups (broad SMARTS) is 1. The van der Waals surface area contributed by atoms with Crippen molar-refractivity contribution < 1.29 is 23.9 Å². The lowest BCUT2D eigenvalue weighted by Crippen LogP contribution is -2.51. The summed E-state index contributed by atoms with van der Waals surface area (Å²) in [5.41, 5.74) is 3.31. The first-order valence-corrected chi connectivity index (χ1v) is 15.1. The van der Waals surface area contributed by atoms with Gasteiger partial charge in [0, 0.05) is 29.1 Å². The Balaban J connectivity index is 1.52. The van der Waals surface area contributed by atoms with E-state index in [0.29, 0.717) is 13.0 Å². The van der Waals surface area contributed by atoms with Crippen LogP contribution in [0.4, 0.5) is 0 Å². The summed E-state index contributed by atoms with van der Waals surface area (Å²) in [7, 11) is -1.09. The molecule has 1 N–H and O–H groups in total. The molecule has 0 saturated heterocycles. The molecule has 0 saturated carbocycles. The van der Waals surface area contributed by atoms with Crippen LogP contribution in [0.2, 0.25) is 13.1 Å². The highest BCUT2D eigenvalue weighted by Gasteiger charge is 2.50. The van der Waals surface area contributed by atoms with Crippen LogP contribution < -0.4 is 4.74 Å². The smallest absolute Gasteiger partial charge is 0.328 e. The van der Waals surface area contributed by atoms with Crippen molar-refractivity contribution in [2.24, 2.45) is 10.6 Å². The fraction of sp³-hybridized carbons (Fsp3) is 0.367. The Bertz CT molecular complexity index is 1360. The number of aromatic nitrogens is 1. The number of pyridine rings is 1. The zero-order chi connectivity index (χ0) is 27.5. The molecule has 0 fully saturated rings. The monoisotopic (exact) mass is 531 g/mol. The van der Waals surface area contributed by atoms with Gasteiger partial charge in [-0.3, -0.25) is 4.98 Å². The Morgan fingerprint density at radius 2 is 1.89 bits per heavy atom. The predicted octanol–water partition coefficient (Wildman–Crippen LogP) is 6.31. The largest absolute Gasteiger partial charge is 0.489 e. The van der Waals surface area contributed by atoms with E-state index < -0.39 is 20.6 Å². The summed E-state index contributed by atoms with van der Waals surface area (Å²) in [5, 5.41) is 14.8. The zero-order valence-electron chi connectivity index (χ0n) is 22.8. The molecule has 2 atom stereocenters. The summed E-state index contributed by atoms with van der Waals surface area (Å²) in [4.78, 5) is 22.0. The van der Waals surface area contributed by atoms with Crippen molar-refractivity contribution >= 4 is 31.6 Å². The maximum absolute atomic E-state index is 11.4. The zero-order valence-corrected chi connectivity index (χ0v) is 23.8. The van der Waals surface area contributed by atoms with E-state index in [1.165, 1.54) is 0 Å². The van der Waals surface area contributed by atoms with Crippen molar-refractivity contribution in [2.45, 2.75) is 65.5 Å². The van der Waals surface area contributed by atoms with E-state index in [-0.39, 0.29) is 11.5 Å². The number of nitrogens with zero attached hydrogens (tertiary/aromatic N) is 2. The minimum absolute atomic E-state index is 0.303. The van der Waals surface area contributed by atoms with Crippen molar-refractivity contribution in [3.63, 3.8) is 0 Å². The molecule has 8 heteroatoms. The van der Waals surface area contributed by atoms with Gasteiger partial charge in [-0.15, -0.1) is 0 Å². The van der Waals surface area contributed by atoms with Gasteiger partial charge < -0.3 is 19.1 Å². The standard InChI is InChI=1S/C30H35N2O5Si/c1-20-17-22(24-9-7-8-10-25(24)31-20)19-35-23-13-11-21(12-14-23)26-18-30(37-32-26,16-15-27(33)34)28(29(2,3)4)36-38(5)6/h7-17,28H,18-19H2,1-6H3,(H,33,34)/b16-15+. The molecule has 1 aliphatic rings. The molecule has 0 spiro atoms. The summed E-state index contributed by atoms with van der Waals surface area (Å²) in [6, 6.07) is 17.8. The van der Waals surface area contributed by atoms with Crippen LogP contribution in [-0.4, -0.2) is 42.5 Å². The molecule has 1 radical (unpaired) electrons. The number of benzene rings is 2. The highest BCUT2D eigenvalue weighted by Crippen LogP contribution is 2.41. The number of ether oxygens (including phenoxy) is 1. The van der Waals surface area contributed by atoms with Crippen LogP contribution in [0.1, 0.15) is 44.0 Å². The lowest BCUT2D eigenvalue weighted by Gasteiger charge is -2.41. The normalized spacial score (nSPS) is 18.6. The Labute approximate surface area is 225 Å². The van der Waals surface area contributed by atoms with Crippen molar-refractivity contribution in [1.29, 1.82) is 0 Å². The molecule has 199 valence electrons. The topological polar surface area (TPSA) is 90.2 Å². The van der Waals surface area contributed by atoms with Gasteiger partial charge in [-0.1, -0.05) is 44.1 Å². The highest BCUT2D eigenvalue weighted by atomic mass is 28.3. The Morgan fingerprint density at radius 1 is 1.18 bits per heavy atom. The van der Waals surface area contributed by atoms with Gasteiger partial charge in [0.25, 0.3) is 0 Å². The van der Waals surface area contributed by atoms with Crippen molar-refractivity contribution in [3.05, 3.63) is 83.6 Å². The van der Waals surface area contributed by atoms with Gasteiger partial charge in [-0.2, -0.15) is 0 Å². The van der Waals surface area contributed by atoms with E-state index in [1.54, 1.807) is 6.08 Å². The molecule has 2 heterocycles. The van der Waals surface area contributed by atoms with Gasteiger partial charge in [0.15, 0.2) is 5.60 Å². The van der Waals surface area contributed by atoms with E-state index >= 15 is 0 Å². The van der Waals surface area contributed by atoms with E-state index in [9.17, 15) is 9.90 Å². The van der Waals surface area contributed by atoms with Crippen LogP contribution in [0.5, 0.6) is 5.75 Å². The number of aliphatic carboxylic acids is 1. The van der Waals surface area contributed by atoms with Gasteiger partial charge in [0.1, 0.15) is 12.4 Å². The average Bonchev–Trinajstić information content (AvgIpc) is 3.29. The van der Waals surface area contributed by atoms with Crippen LogP contribution >= 0.6 is 0 Å². The van der Waals surface area contributed by atoms with Crippen LogP contribution in [-0.2, 0) is 20.7 Å². The SMILES string of the molecule is Cc1cc(COc2ccc(C3=NOC(/C=C/C(=O)O)(C(O[Si](C)C)C(C)(C)C)C3)cc2)c2ccccc2n1. The summed E-state index contributed by atoms with van der Waals surface area (Å²) in [6.07, 6.45) is 2.73. The molecule has 1 aliphatic heterocycles. The third kappa shape index (κ3) is 6.31. The summed E-state index contributed by atoms with van der Waals surface area (Å²) in [5.74, 6) is -0.296. The van der Waals surface area contributed by atoms with E-state index in [1.807, 2.05) is 49.4 Å². The molecular formula is C30H35N2O5Si. The summed E-state index contributed by atoms with van der Waals surface area (Å²) in [6.45, 7) is 12.7. The maximum atomic E-state index is 11.4. The molecule has 0 bridgehead atoms. The molecule has 3 aromatic rings. The minimum atomic E-state index is -1.09. The summed E-state index contributed by atoms with van der Waals surface area (Å²) < 4.78 is 12.5. The van der Waals surface area contributed by atoms with Gasteiger partial charge in [-0.05, 0) is 73.5 Å². The average molecular weight is 532 g/mol. The third-order valence-corrected chi connectivity index (χ3v) is 7.08. The second-order valence-electron chi connectivity index (χ2n) is 11.0. The fourth-order valence-corrected chi connectivity index (χ4v) is 5.84. The quantitative estimate of drug-likeness (QED) is 0.257. The third-order valence-electron chi connectivity index (χ3n) is 6.37. The van der Waals surface area contributed by atoms with Gasteiger partial charge >= 0.3 is 5.97 Å². The molecule has 7 nitrogen and oxygen atoms in total. The first kappa shape index (κ1) is 27.5. The molecule has 2 unspecified atom stereocenters. The van der Waals surface area contributed by atoms with Gasteiger partial charge in [0.2, 0.25) is 9.04 Å². The predicted molar refractivity (Wildman–Crippen MR) is 151 cm³/mol. The first-order chi connectivity index (χ1) is 18.0. The second-order valence-corrected chi connectivity index (χ2v) is 13.0. The Hall–Kier alpha value is -3.49. The number of rotatable bonds is 9. The molecule has 0 amide bonds. The first-order valence-electron chi connectivity index (χ1n) is 12.7. The molecule has 0 aliphatic carbocycles. The van der Waals surface area contributed by atoms with E-state index in [0.717, 1.165) is 45.3 Å². The lowest BCUT2D eigenvalue weighted by atomic mass is 9.75. The molecule has 2 aromatic carbocycles. The number of hydrogen-bond acceptors (Lipinski definition) is 6. The number of carbonyl (C=O) groups is 1. The number of hydrogen-bond donors (Lipinski definition) is 1. The van der Waals surface area contributed by atoms with Crippen molar-refractivity contribution in [1.82, 2.24) is 4.98 Å². The molecule has 38 heavy (non-hydrogen) atoms. The van der Waals surface area contributed by atoms with Crippen LogP contribution in [0.25, 0.3) is 10.9 Å². The van der Waals surface area contributed by atoms with Crippen molar-refractivity contribution in [2.75, 3.05) is 0 Å². The van der Waals surface area contributed by atoms with Gasteiger partial charge in [0.05, 0.1) is 17.3 Å². The highest BCUT2D eigenvalue weighted by molar-refractivity contribution is 6.48. The number of para-hydroxylation sites is 1. The number of fused-ring (bicyclic) bond motifs is 1. The van der Waals surface area contributed by atoms with Crippen LogP contribution in [0.3, 0.4) is 0 Å². The van der Waals surface area contributed by atoms with Crippen LogP contribution in [0.15, 0.2) is 71.9 Å². The number of carboxylic acids is 1. The second kappa shape index (κ2) is 11.1. The van der Waals surface area contributed by atoms with E-state index in [2.05, 4.69) is 56.1 Å². The Kier molecular flexibility index (Phi) is 8.04. The lowest BCUT2D eigenvalue weighted by molar-refractivity contribution is -0.132. The molecule has 1 aromatic heterocycles. The van der Waals surface area contributed by atoms with E-state index in [4.69, 9.17) is 14.0 Å². The summed E-state index contributed by atoms with van der Waals surface area (Å²) >= 11 is 0. The number of aryl methyl sites for hydroxylation is 1. The molecular weight excluding hydrogens is 496 g/mol. The number of oxime groups is 1.